The van der Waals surface area contributed by atoms with Gasteiger partial charge < -0.3 is 14.8 Å². The van der Waals surface area contributed by atoms with Crippen LogP contribution in [-0.4, -0.2) is 19.2 Å². The number of alkyl carbamates (subject to hydrolysis) is 1. The SMILES string of the molecule is C#Cc1cccc(OCCNC(=O)OCc2ccccc2)c1. The van der Waals surface area contributed by atoms with Gasteiger partial charge in [-0.25, -0.2) is 4.79 Å². The van der Waals surface area contributed by atoms with Crippen molar-refractivity contribution in [2.45, 2.75) is 6.61 Å². The molecular weight excluding hydrogens is 278 g/mol. The van der Waals surface area contributed by atoms with Crippen LogP contribution < -0.4 is 10.1 Å². The molecule has 0 aliphatic carbocycles. The third kappa shape index (κ3) is 5.22. The summed E-state index contributed by atoms with van der Waals surface area (Å²) in [4.78, 5) is 11.5. The molecule has 0 aliphatic heterocycles. The average Bonchev–Trinajstić information content (AvgIpc) is 2.58. The summed E-state index contributed by atoms with van der Waals surface area (Å²) in [5.41, 5.74) is 1.70. The smallest absolute Gasteiger partial charge is 0.407 e. The van der Waals surface area contributed by atoms with E-state index in [1.165, 1.54) is 0 Å². The van der Waals surface area contributed by atoms with Crippen molar-refractivity contribution in [1.82, 2.24) is 5.32 Å². The molecule has 0 saturated heterocycles. The lowest BCUT2D eigenvalue weighted by molar-refractivity contribution is 0.137. The summed E-state index contributed by atoms with van der Waals surface area (Å²) >= 11 is 0. The van der Waals surface area contributed by atoms with Crippen LogP contribution in [0.25, 0.3) is 0 Å². The highest BCUT2D eigenvalue weighted by Crippen LogP contribution is 2.11. The first-order valence-electron chi connectivity index (χ1n) is 6.92. The fraction of sp³-hybridized carbons (Fsp3) is 0.167. The normalized spacial score (nSPS) is 9.59. The van der Waals surface area contributed by atoms with Gasteiger partial charge in [-0.05, 0) is 23.8 Å². The molecular formula is C18H17NO3. The van der Waals surface area contributed by atoms with Gasteiger partial charge >= 0.3 is 6.09 Å². The minimum absolute atomic E-state index is 0.248. The number of rotatable bonds is 6. The van der Waals surface area contributed by atoms with E-state index < -0.39 is 6.09 Å². The molecule has 0 radical (unpaired) electrons. The fourth-order valence-electron chi connectivity index (χ4n) is 1.77. The topological polar surface area (TPSA) is 47.6 Å². The molecule has 2 rings (SSSR count). The van der Waals surface area contributed by atoms with Crippen LogP contribution in [0.2, 0.25) is 0 Å². The number of ether oxygens (including phenoxy) is 2. The van der Waals surface area contributed by atoms with Crippen LogP contribution in [0.1, 0.15) is 11.1 Å². The van der Waals surface area contributed by atoms with Crippen molar-refractivity contribution in [3.8, 4) is 18.1 Å². The van der Waals surface area contributed by atoms with Crippen LogP contribution in [0.5, 0.6) is 5.75 Å². The highest BCUT2D eigenvalue weighted by molar-refractivity contribution is 5.67. The van der Waals surface area contributed by atoms with Gasteiger partial charge in [0.25, 0.3) is 0 Å². The number of terminal acetylenes is 1. The van der Waals surface area contributed by atoms with Gasteiger partial charge in [0.05, 0.1) is 6.54 Å². The quantitative estimate of drug-likeness (QED) is 0.658. The molecule has 0 saturated carbocycles. The third-order valence-corrected chi connectivity index (χ3v) is 2.85. The summed E-state index contributed by atoms with van der Waals surface area (Å²) in [7, 11) is 0. The predicted octanol–water partition coefficient (Wildman–Crippen LogP) is 2.97. The van der Waals surface area contributed by atoms with E-state index in [0.29, 0.717) is 18.9 Å². The lowest BCUT2D eigenvalue weighted by Gasteiger charge is -2.09. The van der Waals surface area contributed by atoms with E-state index in [9.17, 15) is 4.79 Å². The lowest BCUT2D eigenvalue weighted by atomic mass is 10.2. The molecule has 1 N–H and O–H groups in total. The van der Waals surface area contributed by atoms with Crippen molar-refractivity contribution in [3.05, 3.63) is 65.7 Å². The molecule has 0 unspecified atom stereocenters. The van der Waals surface area contributed by atoms with Gasteiger partial charge in [0, 0.05) is 5.56 Å². The number of benzene rings is 2. The molecule has 0 atom stereocenters. The van der Waals surface area contributed by atoms with E-state index >= 15 is 0 Å². The van der Waals surface area contributed by atoms with Crippen LogP contribution in [0, 0.1) is 12.3 Å². The Kier molecular flexibility index (Phi) is 5.89. The first-order valence-corrected chi connectivity index (χ1v) is 6.92. The molecule has 22 heavy (non-hydrogen) atoms. The Morgan fingerprint density at radius 1 is 1.14 bits per heavy atom. The van der Waals surface area contributed by atoms with Gasteiger partial charge in [-0.15, -0.1) is 6.42 Å². The Balaban J connectivity index is 1.64. The summed E-state index contributed by atoms with van der Waals surface area (Å²) < 4.78 is 10.6. The Labute approximate surface area is 130 Å². The van der Waals surface area contributed by atoms with Crippen molar-refractivity contribution < 1.29 is 14.3 Å². The molecule has 1 amide bonds. The van der Waals surface area contributed by atoms with Crippen LogP contribution in [-0.2, 0) is 11.3 Å². The van der Waals surface area contributed by atoms with Crippen LogP contribution in [0.4, 0.5) is 4.79 Å². The maximum absolute atomic E-state index is 11.5. The van der Waals surface area contributed by atoms with Gasteiger partial charge in [-0.1, -0.05) is 42.3 Å². The standard InChI is InChI=1S/C18H17NO3/c1-2-15-9-6-10-17(13-15)21-12-11-19-18(20)22-14-16-7-4-3-5-8-16/h1,3-10,13H,11-12,14H2,(H,19,20). The maximum atomic E-state index is 11.5. The zero-order valence-corrected chi connectivity index (χ0v) is 12.1. The van der Waals surface area contributed by atoms with Crippen molar-refractivity contribution in [2.75, 3.05) is 13.2 Å². The molecule has 0 bridgehead atoms. The lowest BCUT2D eigenvalue weighted by Crippen LogP contribution is -2.28. The Morgan fingerprint density at radius 2 is 1.95 bits per heavy atom. The highest BCUT2D eigenvalue weighted by Gasteiger charge is 2.02. The Hall–Kier alpha value is -2.93. The molecule has 0 spiro atoms. The molecule has 0 fully saturated rings. The number of carbonyl (C=O) groups excluding carboxylic acids is 1. The first-order chi connectivity index (χ1) is 10.8. The van der Waals surface area contributed by atoms with E-state index in [4.69, 9.17) is 15.9 Å². The summed E-state index contributed by atoms with van der Waals surface area (Å²) in [5, 5.41) is 2.63. The van der Waals surface area contributed by atoms with Crippen LogP contribution >= 0.6 is 0 Å². The fourth-order valence-corrected chi connectivity index (χ4v) is 1.77. The van der Waals surface area contributed by atoms with E-state index in [0.717, 1.165) is 11.1 Å². The van der Waals surface area contributed by atoms with Crippen molar-refractivity contribution >= 4 is 6.09 Å². The average molecular weight is 295 g/mol. The monoisotopic (exact) mass is 295 g/mol. The zero-order chi connectivity index (χ0) is 15.6. The van der Waals surface area contributed by atoms with Crippen LogP contribution in [0.3, 0.4) is 0 Å². The Morgan fingerprint density at radius 3 is 2.73 bits per heavy atom. The second-order valence-corrected chi connectivity index (χ2v) is 4.51. The number of nitrogens with one attached hydrogen (secondary N) is 1. The van der Waals surface area contributed by atoms with Gasteiger partial charge in [0.2, 0.25) is 0 Å². The second-order valence-electron chi connectivity index (χ2n) is 4.51. The van der Waals surface area contributed by atoms with Crippen molar-refractivity contribution in [1.29, 1.82) is 0 Å². The minimum Gasteiger partial charge on any atom is -0.492 e. The number of carbonyl (C=O) groups is 1. The highest BCUT2D eigenvalue weighted by atomic mass is 16.5. The molecule has 4 heteroatoms. The summed E-state index contributed by atoms with van der Waals surface area (Å²) in [6.45, 7) is 0.945. The first kappa shape index (κ1) is 15.5. The summed E-state index contributed by atoms with van der Waals surface area (Å²) in [6.07, 6.45) is 4.85. The van der Waals surface area contributed by atoms with Crippen LogP contribution in [0.15, 0.2) is 54.6 Å². The molecule has 0 aliphatic rings. The van der Waals surface area contributed by atoms with Gasteiger partial charge in [-0.2, -0.15) is 0 Å². The van der Waals surface area contributed by atoms with Gasteiger partial charge in [0.15, 0.2) is 0 Å². The molecule has 2 aromatic rings. The maximum Gasteiger partial charge on any atom is 0.407 e. The second kappa shape index (κ2) is 8.38. The van der Waals surface area contributed by atoms with E-state index in [2.05, 4.69) is 11.2 Å². The third-order valence-electron chi connectivity index (χ3n) is 2.85. The molecule has 4 nitrogen and oxygen atoms in total. The number of hydrogen-bond donors (Lipinski definition) is 1. The van der Waals surface area contributed by atoms with E-state index in [1.807, 2.05) is 48.5 Å². The molecule has 2 aromatic carbocycles. The number of amides is 1. The van der Waals surface area contributed by atoms with Crippen molar-refractivity contribution in [3.63, 3.8) is 0 Å². The predicted molar refractivity (Wildman–Crippen MR) is 84.5 cm³/mol. The number of hydrogen-bond acceptors (Lipinski definition) is 3. The Bertz CT molecular complexity index is 647. The minimum atomic E-state index is -0.468. The molecule has 112 valence electrons. The summed E-state index contributed by atoms with van der Waals surface area (Å²) in [5.74, 6) is 3.21. The van der Waals surface area contributed by atoms with Crippen molar-refractivity contribution in [2.24, 2.45) is 0 Å². The largest absolute Gasteiger partial charge is 0.492 e. The van der Waals surface area contributed by atoms with Gasteiger partial charge in [0.1, 0.15) is 19.0 Å². The molecule has 0 heterocycles. The van der Waals surface area contributed by atoms with Gasteiger partial charge in [-0.3, -0.25) is 0 Å². The van der Waals surface area contributed by atoms with E-state index in [1.54, 1.807) is 6.07 Å². The zero-order valence-electron chi connectivity index (χ0n) is 12.1. The summed E-state index contributed by atoms with van der Waals surface area (Å²) in [6, 6.07) is 16.7. The van der Waals surface area contributed by atoms with E-state index in [-0.39, 0.29) is 6.61 Å². The molecule has 0 aromatic heterocycles.